The van der Waals surface area contributed by atoms with E-state index >= 15 is 0 Å². The Kier molecular flexibility index (Phi) is 17.8. The Morgan fingerprint density at radius 3 is 2.00 bits per heavy atom. The largest absolute Gasteiger partial charge is 0.354 e. The number of aromatic nitrogens is 2. The Morgan fingerprint density at radius 2 is 1.41 bits per heavy atom. The number of amides is 1. The zero-order valence-corrected chi connectivity index (χ0v) is 22.2. The lowest BCUT2D eigenvalue weighted by molar-refractivity contribution is -0.131. The predicted octanol–water partition coefficient (Wildman–Crippen LogP) is 7.12. The van der Waals surface area contributed by atoms with Crippen LogP contribution in [0, 0.1) is 25.2 Å². The van der Waals surface area contributed by atoms with Gasteiger partial charge in [-0.1, -0.05) is 71.1 Å². The number of hydrogen-bond donors (Lipinski definition) is 1. The molecule has 0 aromatic carbocycles. The molecule has 1 aromatic heterocycles. The summed E-state index contributed by atoms with van der Waals surface area (Å²) in [6, 6.07) is 4.15. The molecular formula is C28H49N5O. The standard InChI is InChI=1S/C28H49N5O/c1-4-5-6-7-8-9-10-11-12-13-15-19-27(34)33(23-18-20-29)22-17-14-16-21-30-28-31-25(2)24-26(3)32-28/h24H,4-19,21-23H2,1-3H3,(H,30,31,32). The average Bonchev–Trinajstić information content (AvgIpc) is 2.80. The molecule has 0 radical (unpaired) electrons. The second kappa shape index (κ2) is 20.2. The zero-order chi connectivity index (χ0) is 24.9. The summed E-state index contributed by atoms with van der Waals surface area (Å²) in [5, 5.41) is 12.2. The zero-order valence-electron chi connectivity index (χ0n) is 22.2. The molecule has 0 saturated carbocycles. The van der Waals surface area contributed by atoms with Crippen LogP contribution >= 0.6 is 0 Å². The highest BCUT2D eigenvalue weighted by Crippen LogP contribution is 2.13. The number of anilines is 1. The molecule has 6 heteroatoms. The van der Waals surface area contributed by atoms with Gasteiger partial charge < -0.3 is 10.2 Å². The Hall–Kier alpha value is -2.16. The lowest BCUT2D eigenvalue weighted by Gasteiger charge is -2.21. The fourth-order valence-corrected chi connectivity index (χ4v) is 4.25. The molecule has 0 atom stereocenters. The minimum Gasteiger partial charge on any atom is -0.354 e. The van der Waals surface area contributed by atoms with Crippen molar-refractivity contribution in [2.75, 3.05) is 25.0 Å². The van der Waals surface area contributed by atoms with Gasteiger partial charge in [0.1, 0.15) is 0 Å². The van der Waals surface area contributed by atoms with Gasteiger partial charge in [-0.2, -0.15) is 5.26 Å². The lowest BCUT2D eigenvalue weighted by atomic mass is 10.1. The van der Waals surface area contributed by atoms with E-state index in [0.717, 1.165) is 56.6 Å². The molecule has 1 heterocycles. The van der Waals surface area contributed by atoms with Crippen molar-refractivity contribution in [1.29, 1.82) is 5.26 Å². The monoisotopic (exact) mass is 471 g/mol. The van der Waals surface area contributed by atoms with Crippen LogP contribution in [0.25, 0.3) is 0 Å². The minimum atomic E-state index is 0.216. The van der Waals surface area contributed by atoms with E-state index in [4.69, 9.17) is 5.26 Å². The van der Waals surface area contributed by atoms with Gasteiger partial charge >= 0.3 is 0 Å². The highest BCUT2D eigenvalue weighted by atomic mass is 16.2. The van der Waals surface area contributed by atoms with Gasteiger partial charge in [-0.15, -0.1) is 0 Å². The number of hydrogen-bond acceptors (Lipinski definition) is 5. The summed E-state index contributed by atoms with van der Waals surface area (Å²) >= 11 is 0. The third-order valence-corrected chi connectivity index (χ3v) is 6.21. The van der Waals surface area contributed by atoms with Gasteiger partial charge in [-0.25, -0.2) is 9.97 Å². The van der Waals surface area contributed by atoms with Crippen LogP contribution in [-0.4, -0.2) is 40.4 Å². The van der Waals surface area contributed by atoms with Gasteiger partial charge in [0.25, 0.3) is 0 Å². The maximum Gasteiger partial charge on any atom is 0.223 e. The van der Waals surface area contributed by atoms with Crippen LogP contribution in [0.1, 0.15) is 121 Å². The van der Waals surface area contributed by atoms with Crippen LogP contribution in [0.5, 0.6) is 0 Å². The van der Waals surface area contributed by atoms with Crippen molar-refractivity contribution in [1.82, 2.24) is 14.9 Å². The maximum absolute atomic E-state index is 12.7. The van der Waals surface area contributed by atoms with Gasteiger partial charge in [0.15, 0.2) is 0 Å². The normalized spacial score (nSPS) is 10.8. The first-order chi connectivity index (χ1) is 16.6. The van der Waals surface area contributed by atoms with Crippen molar-refractivity contribution in [3.8, 4) is 6.07 Å². The summed E-state index contributed by atoms with van der Waals surface area (Å²) in [7, 11) is 0. The van der Waals surface area contributed by atoms with Gasteiger partial charge in [0.05, 0.1) is 12.5 Å². The molecular weight excluding hydrogens is 422 g/mol. The quantitative estimate of drug-likeness (QED) is 0.193. The molecule has 192 valence electrons. The smallest absolute Gasteiger partial charge is 0.223 e. The molecule has 1 aromatic rings. The van der Waals surface area contributed by atoms with E-state index in [9.17, 15) is 4.79 Å². The molecule has 1 rings (SSSR count). The highest BCUT2D eigenvalue weighted by Gasteiger charge is 2.12. The summed E-state index contributed by atoms with van der Waals surface area (Å²) in [4.78, 5) is 23.4. The molecule has 0 spiro atoms. The summed E-state index contributed by atoms with van der Waals surface area (Å²) in [6.07, 6.45) is 18.2. The van der Waals surface area contributed by atoms with Gasteiger partial charge in [-0.05, 0) is 45.6 Å². The average molecular weight is 472 g/mol. The molecule has 0 aliphatic carbocycles. The molecule has 0 bridgehead atoms. The number of carbonyl (C=O) groups excluding carboxylic acids is 1. The molecule has 0 unspecified atom stereocenters. The van der Waals surface area contributed by atoms with Crippen molar-refractivity contribution in [3.05, 3.63) is 17.5 Å². The molecule has 6 nitrogen and oxygen atoms in total. The molecule has 1 amide bonds. The molecule has 0 saturated heterocycles. The van der Waals surface area contributed by atoms with E-state index in [-0.39, 0.29) is 5.91 Å². The second-order valence-corrected chi connectivity index (χ2v) is 9.54. The summed E-state index contributed by atoms with van der Waals surface area (Å²) in [6.45, 7) is 8.34. The van der Waals surface area contributed by atoms with Crippen LogP contribution in [0.2, 0.25) is 0 Å². The van der Waals surface area contributed by atoms with Crippen molar-refractivity contribution in [2.45, 2.75) is 124 Å². The van der Waals surface area contributed by atoms with Gasteiger partial charge in [-0.3, -0.25) is 4.79 Å². The van der Waals surface area contributed by atoms with Gasteiger partial charge in [0.2, 0.25) is 11.9 Å². The van der Waals surface area contributed by atoms with Crippen LogP contribution in [0.4, 0.5) is 5.95 Å². The van der Waals surface area contributed by atoms with Crippen molar-refractivity contribution in [3.63, 3.8) is 0 Å². The van der Waals surface area contributed by atoms with E-state index in [2.05, 4.69) is 28.3 Å². The molecule has 1 N–H and O–H groups in total. The Morgan fingerprint density at radius 1 is 0.853 bits per heavy atom. The first-order valence-electron chi connectivity index (χ1n) is 13.8. The van der Waals surface area contributed by atoms with Crippen molar-refractivity contribution >= 4 is 11.9 Å². The lowest BCUT2D eigenvalue weighted by Crippen LogP contribution is -2.32. The first-order valence-corrected chi connectivity index (χ1v) is 13.8. The molecule has 0 fully saturated rings. The summed E-state index contributed by atoms with van der Waals surface area (Å²) < 4.78 is 0. The van der Waals surface area contributed by atoms with Crippen molar-refractivity contribution < 1.29 is 4.79 Å². The third kappa shape index (κ3) is 15.6. The minimum absolute atomic E-state index is 0.216. The van der Waals surface area contributed by atoms with Crippen LogP contribution < -0.4 is 5.32 Å². The van der Waals surface area contributed by atoms with Crippen LogP contribution in [0.15, 0.2) is 6.07 Å². The van der Waals surface area contributed by atoms with Crippen molar-refractivity contribution in [2.24, 2.45) is 0 Å². The fraction of sp³-hybridized carbons (Fsp3) is 0.786. The topological polar surface area (TPSA) is 81.9 Å². The number of nitrogens with zero attached hydrogens (tertiary/aromatic N) is 4. The number of unbranched alkanes of at least 4 members (excludes halogenated alkanes) is 12. The number of aryl methyl sites for hydroxylation is 2. The predicted molar refractivity (Wildman–Crippen MR) is 142 cm³/mol. The first kappa shape index (κ1) is 29.9. The highest BCUT2D eigenvalue weighted by molar-refractivity contribution is 5.76. The second-order valence-electron chi connectivity index (χ2n) is 9.54. The number of nitriles is 1. The maximum atomic E-state index is 12.7. The number of carbonyl (C=O) groups is 1. The van der Waals surface area contributed by atoms with Gasteiger partial charge in [0, 0.05) is 37.4 Å². The third-order valence-electron chi connectivity index (χ3n) is 6.21. The number of nitrogens with one attached hydrogen (secondary N) is 1. The molecule has 0 aliphatic heterocycles. The van der Waals surface area contributed by atoms with E-state index in [1.54, 1.807) is 0 Å². The van der Waals surface area contributed by atoms with Crippen LogP contribution in [0.3, 0.4) is 0 Å². The Bertz CT molecular complexity index is 680. The fourth-order valence-electron chi connectivity index (χ4n) is 4.25. The van der Waals surface area contributed by atoms with Crippen LogP contribution in [-0.2, 0) is 4.79 Å². The van der Waals surface area contributed by atoms with E-state index in [0.29, 0.717) is 25.3 Å². The summed E-state index contributed by atoms with van der Waals surface area (Å²) in [5.41, 5.74) is 1.94. The molecule has 0 aliphatic rings. The van der Waals surface area contributed by atoms with E-state index in [1.165, 1.54) is 57.8 Å². The molecule has 34 heavy (non-hydrogen) atoms. The van der Waals surface area contributed by atoms with E-state index in [1.807, 2.05) is 24.8 Å². The Balaban J connectivity index is 2.12. The SMILES string of the molecule is CCCCCCCCCCCCCC(=O)N(CCC#N)CCCCCNc1nc(C)cc(C)n1. The summed E-state index contributed by atoms with van der Waals surface area (Å²) in [5.74, 6) is 0.906. The Labute approximate surface area is 208 Å². The van der Waals surface area contributed by atoms with E-state index < -0.39 is 0 Å². The number of rotatable bonds is 21.